The second-order valence-electron chi connectivity index (χ2n) is 4.80. The van der Waals surface area contributed by atoms with Gasteiger partial charge in [0.1, 0.15) is 0 Å². The highest BCUT2D eigenvalue weighted by Gasteiger charge is 2.15. The first-order chi connectivity index (χ1) is 9.63. The fraction of sp³-hybridized carbons (Fsp3) is 0.286. The number of benzene rings is 1. The van der Waals surface area contributed by atoms with Gasteiger partial charge in [-0.3, -0.25) is 9.78 Å². The molecule has 1 aromatic heterocycles. The Morgan fingerprint density at radius 2 is 1.95 bits per heavy atom. The molecule has 0 aliphatic heterocycles. The Morgan fingerprint density at radius 3 is 2.75 bits per heavy atom. The smallest absolute Gasteiger partial charge is 0.255 e. The molecule has 2 aromatic rings. The van der Waals surface area contributed by atoms with Gasteiger partial charge in [-0.05, 0) is 37.8 Å². The van der Waals surface area contributed by atoms with Crippen LogP contribution in [0, 0.1) is 11.6 Å². The molecule has 2 N–H and O–H groups in total. The van der Waals surface area contributed by atoms with E-state index in [2.05, 4.69) is 15.3 Å². The van der Waals surface area contributed by atoms with Gasteiger partial charge in [0.15, 0.2) is 11.6 Å². The van der Waals surface area contributed by atoms with Crippen molar-refractivity contribution in [3.05, 3.63) is 51.4 Å². The predicted octanol–water partition coefficient (Wildman–Crippen LogP) is 2.67. The van der Waals surface area contributed by atoms with E-state index in [0.29, 0.717) is 5.69 Å². The highest BCUT2D eigenvalue weighted by molar-refractivity contribution is 5.53. The van der Waals surface area contributed by atoms with Crippen molar-refractivity contribution in [2.45, 2.75) is 25.7 Å². The van der Waals surface area contributed by atoms with E-state index in [1.54, 1.807) is 0 Å². The van der Waals surface area contributed by atoms with Gasteiger partial charge >= 0.3 is 0 Å². The molecule has 0 saturated heterocycles. The fourth-order valence-electron chi connectivity index (χ4n) is 2.37. The van der Waals surface area contributed by atoms with Crippen molar-refractivity contribution in [2.75, 3.05) is 5.32 Å². The first-order valence-corrected chi connectivity index (χ1v) is 6.47. The molecule has 0 radical (unpaired) electrons. The van der Waals surface area contributed by atoms with Crippen molar-refractivity contribution < 1.29 is 8.78 Å². The lowest BCUT2D eigenvalue weighted by atomic mass is 9.97. The van der Waals surface area contributed by atoms with Gasteiger partial charge in [-0.1, -0.05) is 0 Å². The van der Waals surface area contributed by atoms with Gasteiger partial charge in [0.25, 0.3) is 5.56 Å². The number of aromatic nitrogens is 2. The van der Waals surface area contributed by atoms with E-state index in [1.807, 2.05) is 0 Å². The van der Waals surface area contributed by atoms with Gasteiger partial charge in [-0.25, -0.2) is 13.8 Å². The average Bonchev–Trinajstić information content (AvgIpc) is 2.43. The van der Waals surface area contributed by atoms with E-state index in [4.69, 9.17) is 0 Å². The second-order valence-corrected chi connectivity index (χ2v) is 4.80. The third kappa shape index (κ3) is 2.41. The van der Waals surface area contributed by atoms with Crippen LogP contribution in [0.5, 0.6) is 0 Å². The van der Waals surface area contributed by atoms with E-state index in [-0.39, 0.29) is 11.5 Å². The first kappa shape index (κ1) is 12.8. The molecule has 4 nitrogen and oxygen atoms in total. The van der Waals surface area contributed by atoms with E-state index in [1.165, 1.54) is 6.07 Å². The Hall–Kier alpha value is -2.24. The summed E-state index contributed by atoms with van der Waals surface area (Å²) >= 11 is 0. The molecule has 0 amide bonds. The molecule has 0 bridgehead atoms. The van der Waals surface area contributed by atoms with Gasteiger partial charge in [0, 0.05) is 17.3 Å². The van der Waals surface area contributed by atoms with Crippen LogP contribution in [0.1, 0.15) is 24.1 Å². The lowest BCUT2D eigenvalue weighted by molar-refractivity contribution is 0.509. The first-order valence-electron chi connectivity index (χ1n) is 6.47. The normalized spacial score (nSPS) is 13.9. The summed E-state index contributed by atoms with van der Waals surface area (Å²) in [6.07, 6.45) is 3.51. The number of nitrogens with zero attached hydrogens (tertiary/aromatic N) is 1. The number of anilines is 2. The third-order valence-electron chi connectivity index (χ3n) is 3.37. The van der Waals surface area contributed by atoms with Crippen LogP contribution in [0.3, 0.4) is 0 Å². The third-order valence-corrected chi connectivity index (χ3v) is 3.37. The fourth-order valence-corrected chi connectivity index (χ4v) is 2.37. The zero-order valence-corrected chi connectivity index (χ0v) is 10.7. The number of aromatic amines is 1. The number of H-pyrrole nitrogens is 1. The minimum Gasteiger partial charge on any atom is -0.326 e. The van der Waals surface area contributed by atoms with E-state index in [9.17, 15) is 13.6 Å². The zero-order valence-electron chi connectivity index (χ0n) is 10.7. The number of rotatable bonds is 2. The Bertz CT molecular complexity index is 712. The molecule has 3 rings (SSSR count). The van der Waals surface area contributed by atoms with Crippen LogP contribution in [0.15, 0.2) is 23.0 Å². The summed E-state index contributed by atoms with van der Waals surface area (Å²) in [4.78, 5) is 18.9. The van der Waals surface area contributed by atoms with Crippen LogP contribution in [0.4, 0.5) is 20.4 Å². The largest absolute Gasteiger partial charge is 0.326 e. The van der Waals surface area contributed by atoms with E-state index >= 15 is 0 Å². The maximum absolute atomic E-state index is 13.1. The summed E-state index contributed by atoms with van der Waals surface area (Å²) in [5.41, 5.74) is 1.68. The molecule has 1 heterocycles. The molecule has 0 spiro atoms. The summed E-state index contributed by atoms with van der Waals surface area (Å²) in [5.74, 6) is -1.61. The number of hydrogen-bond acceptors (Lipinski definition) is 3. The van der Waals surface area contributed by atoms with E-state index in [0.717, 1.165) is 49.1 Å². The summed E-state index contributed by atoms with van der Waals surface area (Å²) in [5, 5.41) is 2.79. The average molecular weight is 277 g/mol. The lowest BCUT2D eigenvalue weighted by Gasteiger charge is -2.15. The minimum atomic E-state index is -0.949. The van der Waals surface area contributed by atoms with Crippen molar-refractivity contribution in [1.29, 1.82) is 0 Å². The maximum atomic E-state index is 13.1. The molecule has 1 aliphatic rings. The second kappa shape index (κ2) is 5.03. The molecule has 0 unspecified atom stereocenters. The van der Waals surface area contributed by atoms with Crippen LogP contribution in [-0.2, 0) is 12.8 Å². The topological polar surface area (TPSA) is 57.8 Å². The Kier molecular flexibility index (Phi) is 3.22. The zero-order chi connectivity index (χ0) is 14.1. The molecule has 6 heteroatoms. The molecule has 20 heavy (non-hydrogen) atoms. The van der Waals surface area contributed by atoms with Crippen molar-refractivity contribution in [1.82, 2.24) is 9.97 Å². The highest BCUT2D eigenvalue weighted by Crippen LogP contribution is 2.19. The van der Waals surface area contributed by atoms with Crippen LogP contribution >= 0.6 is 0 Å². The summed E-state index contributed by atoms with van der Waals surface area (Å²) in [6, 6.07) is 3.43. The monoisotopic (exact) mass is 277 g/mol. The van der Waals surface area contributed by atoms with Crippen LogP contribution in [0.2, 0.25) is 0 Å². The SMILES string of the molecule is O=c1[nH]c(Nc2ccc(F)c(F)c2)nc2c1CCCC2. The quantitative estimate of drug-likeness (QED) is 0.887. The maximum Gasteiger partial charge on any atom is 0.255 e. The Morgan fingerprint density at radius 1 is 1.15 bits per heavy atom. The molecule has 0 saturated carbocycles. The summed E-state index contributed by atoms with van der Waals surface area (Å²) in [7, 11) is 0. The summed E-state index contributed by atoms with van der Waals surface area (Å²) < 4.78 is 26.0. The number of halogens is 2. The van der Waals surface area contributed by atoms with Crippen LogP contribution in [0.25, 0.3) is 0 Å². The Balaban J connectivity index is 1.93. The van der Waals surface area contributed by atoms with Crippen molar-refractivity contribution in [2.24, 2.45) is 0 Å². The Labute approximate surface area is 113 Å². The molecular weight excluding hydrogens is 264 g/mol. The molecule has 1 aromatic carbocycles. The van der Waals surface area contributed by atoms with E-state index < -0.39 is 11.6 Å². The molecule has 0 fully saturated rings. The molecular formula is C14H13F2N3O. The highest BCUT2D eigenvalue weighted by atomic mass is 19.2. The summed E-state index contributed by atoms with van der Waals surface area (Å²) in [6.45, 7) is 0. The number of nitrogens with one attached hydrogen (secondary N) is 2. The van der Waals surface area contributed by atoms with Crippen LogP contribution < -0.4 is 10.9 Å². The van der Waals surface area contributed by atoms with Gasteiger partial charge < -0.3 is 5.32 Å². The molecule has 0 atom stereocenters. The van der Waals surface area contributed by atoms with Gasteiger partial charge in [0.2, 0.25) is 5.95 Å². The minimum absolute atomic E-state index is 0.167. The predicted molar refractivity (Wildman–Crippen MR) is 71.1 cm³/mol. The number of aryl methyl sites for hydroxylation is 1. The van der Waals surface area contributed by atoms with Crippen molar-refractivity contribution >= 4 is 11.6 Å². The lowest BCUT2D eigenvalue weighted by Crippen LogP contribution is -2.22. The van der Waals surface area contributed by atoms with Crippen molar-refractivity contribution in [3.63, 3.8) is 0 Å². The van der Waals surface area contributed by atoms with Gasteiger partial charge in [-0.2, -0.15) is 0 Å². The van der Waals surface area contributed by atoms with Crippen LogP contribution in [-0.4, -0.2) is 9.97 Å². The molecule has 104 valence electrons. The van der Waals surface area contributed by atoms with Crippen molar-refractivity contribution in [3.8, 4) is 0 Å². The number of hydrogen-bond donors (Lipinski definition) is 2. The molecule has 1 aliphatic carbocycles. The van der Waals surface area contributed by atoms with Gasteiger partial charge in [-0.15, -0.1) is 0 Å². The van der Waals surface area contributed by atoms with Gasteiger partial charge in [0.05, 0.1) is 5.69 Å². The number of fused-ring (bicyclic) bond motifs is 1. The standard InChI is InChI=1S/C14H13F2N3O/c15-10-6-5-8(7-11(10)16)17-14-18-12-4-2-1-3-9(12)13(20)19-14/h5-7H,1-4H2,(H2,17,18,19,20).